The number of benzene rings is 1. The summed E-state index contributed by atoms with van der Waals surface area (Å²) in [6.45, 7) is -1.09. The van der Waals surface area contributed by atoms with Gasteiger partial charge in [0.05, 0.1) is 0 Å². The van der Waals surface area contributed by atoms with E-state index in [4.69, 9.17) is 4.52 Å². The first kappa shape index (κ1) is 29.6. The number of nitrogens with zero attached hydrogens (tertiary/aromatic N) is 2. The molecule has 0 fully saturated rings. The third-order valence-corrected chi connectivity index (χ3v) is 7.27. The Morgan fingerprint density at radius 2 is 1.85 bits per heavy atom. The van der Waals surface area contributed by atoms with Crippen LogP contribution in [0.3, 0.4) is 0 Å². The molecule has 0 aliphatic heterocycles. The summed E-state index contributed by atoms with van der Waals surface area (Å²) < 4.78 is 46.9. The van der Waals surface area contributed by atoms with Crippen LogP contribution in [0.25, 0.3) is 0 Å². The zero-order valence-electron chi connectivity index (χ0n) is 16.9. The first-order valence-corrected chi connectivity index (χ1v) is 15.4. The minimum atomic E-state index is -4.30. The molecule has 0 bridgehead atoms. The van der Waals surface area contributed by atoms with E-state index in [2.05, 4.69) is 30.0 Å². The second-order valence-electron chi connectivity index (χ2n) is 5.87. The van der Waals surface area contributed by atoms with Crippen molar-refractivity contribution in [2.24, 2.45) is 0 Å². The van der Waals surface area contributed by atoms with Crippen LogP contribution in [0.2, 0.25) is 5.21 Å². The van der Waals surface area contributed by atoms with Crippen molar-refractivity contribution in [1.82, 2.24) is 0 Å². The van der Waals surface area contributed by atoms with E-state index >= 15 is 0 Å². The quantitative estimate of drug-likeness (QED) is 0.0502. The number of phosphoric acid groups is 1. The Kier molecular flexibility index (Phi) is 12.0. The first-order chi connectivity index (χ1) is 15.3. The molecule has 2 N–H and O–H groups in total. The average molecular weight is 639 g/mol. The molecule has 0 saturated carbocycles. The van der Waals surface area contributed by atoms with Gasteiger partial charge in [-0.25, -0.2) is 0 Å². The van der Waals surface area contributed by atoms with Gasteiger partial charge in [0.15, 0.2) is 0 Å². The molecule has 0 aliphatic rings. The van der Waals surface area contributed by atoms with Crippen LogP contribution in [0.4, 0.5) is 17.1 Å². The summed E-state index contributed by atoms with van der Waals surface area (Å²) in [6, 6.07) is 1.53. The number of anilines is 1. The number of nitro benzene ring substituents is 2. The Bertz CT molecular complexity index is 1040. The van der Waals surface area contributed by atoms with E-state index < -0.39 is 66.1 Å². The Balaban J connectivity index is 3.04. The summed E-state index contributed by atoms with van der Waals surface area (Å²) in [6.07, 6.45) is 0.804. The number of rotatable bonds is 16. The second-order valence-corrected chi connectivity index (χ2v) is 12.2. The molecule has 0 spiro atoms. The maximum absolute atomic E-state index is 12.7. The van der Waals surface area contributed by atoms with Gasteiger partial charge >= 0.3 is 203 Å². The van der Waals surface area contributed by atoms with Crippen LogP contribution in [0, 0.1) is 20.2 Å². The molecule has 185 valence electrons. The zero-order chi connectivity index (χ0) is 25.2. The van der Waals surface area contributed by atoms with Crippen molar-refractivity contribution in [1.29, 1.82) is 0 Å². The van der Waals surface area contributed by atoms with Gasteiger partial charge in [-0.05, 0) is 0 Å². The standard InChI is InChI=1S/C14H19AsBrN3O12PS/c1-33(27,28)31-7-4-17-13-11(8-10(18(21)22)9-12(13)19(23)24)14(20)15-2-5-29-32(25,26)30-6-3-16/h8-9,17H,2-7H2,1H3,(H,25,26). The van der Waals surface area contributed by atoms with E-state index in [0.29, 0.717) is 11.4 Å². The number of phosphoric ester groups is 1. The first-order valence-electron chi connectivity index (χ1n) is 8.72. The van der Waals surface area contributed by atoms with Gasteiger partial charge in [0, 0.05) is 0 Å². The average Bonchev–Trinajstić information content (AvgIpc) is 2.71. The van der Waals surface area contributed by atoms with Gasteiger partial charge in [-0.3, -0.25) is 0 Å². The second kappa shape index (κ2) is 13.4. The predicted molar refractivity (Wildman–Crippen MR) is 119 cm³/mol. The molecule has 1 rings (SSSR count). The van der Waals surface area contributed by atoms with E-state index in [9.17, 15) is 42.9 Å². The molecular formula is C14H19AsBrN3O12PS. The zero-order valence-corrected chi connectivity index (χ0v) is 22.1. The maximum atomic E-state index is 12.7. The van der Waals surface area contributed by atoms with Gasteiger partial charge in [-0.2, -0.15) is 0 Å². The van der Waals surface area contributed by atoms with Crippen LogP contribution in [-0.2, 0) is 27.9 Å². The van der Waals surface area contributed by atoms with Gasteiger partial charge in [0.1, 0.15) is 0 Å². The van der Waals surface area contributed by atoms with E-state index in [-0.39, 0.29) is 36.2 Å². The summed E-state index contributed by atoms with van der Waals surface area (Å²) >= 11 is 1.70. The van der Waals surface area contributed by atoms with Crippen molar-refractivity contribution in [2.45, 2.75) is 5.21 Å². The van der Waals surface area contributed by atoms with Gasteiger partial charge in [0.25, 0.3) is 0 Å². The SMILES string of the molecule is CS(=O)(=O)OCCNc1c(C(=O)[As]CCOP(=O)(O)OCCBr)cc([N+](=O)[O-])cc1[N+](=O)[O-]. The molecule has 19 heteroatoms. The Morgan fingerprint density at radius 3 is 2.39 bits per heavy atom. The Morgan fingerprint density at radius 1 is 1.21 bits per heavy atom. The van der Waals surface area contributed by atoms with E-state index in [1.54, 1.807) is 0 Å². The van der Waals surface area contributed by atoms with Gasteiger partial charge in [-0.15, -0.1) is 0 Å². The number of hydrogen-bond donors (Lipinski definition) is 2. The molecule has 1 radical (unpaired) electrons. The number of nitrogens with one attached hydrogen (secondary N) is 1. The molecule has 1 aromatic rings. The Hall–Kier alpha value is -1.45. The van der Waals surface area contributed by atoms with Crippen LogP contribution in [0.5, 0.6) is 0 Å². The summed E-state index contributed by atoms with van der Waals surface area (Å²) in [5.41, 5.74) is -2.13. The topological polar surface area (TPSA) is 215 Å². The molecule has 0 aromatic heterocycles. The molecule has 0 amide bonds. The number of carbonyl (C=O) groups excluding carboxylic acids is 1. The fourth-order valence-electron chi connectivity index (χ4n) is 2.16. The van der Waals surface area contributed by atoms with E-state index in [1.165, 1.54) is 0 Å². The van der Waals surface area contributed by atoms with Gasteiger partial charge < -0.3 is 0 Å². The van der Waals surface area contributed by atoms with Crippen LogP contribution < -0.4 is 5.32 Å². The van der Waals surface area contributed by atoms with Gasteiger partial charge in [0.2, 0.25) is 0 Å². The summed E-state index contributed by atoms with van der Waals surface area (Å²) in [4.78, 5) is 42.9. The summed E-state index contributed by atoms with van der Waals surface area (Å²) in [5.74, 6) is 0. The van der Waals surface area contributed by atoms with Crippen LogP contribution in [0.15, 0.2) is 12.1 Å². The van der Waals surface area contributed by atoms with Crippen molar-refractivity contribution in [3.05, 3.63) is 37.9 Å². The van der Waals surface area contributed by atoms with Crippen LogP contribution in [0.1, 0.15) is 10.4 Å². The van der Waals surface area contributed by atoms with E-state index in [1.807, 2.05) is 0 Å². The van der Waals surface area contributed by atoms with Gasteiger partial charge in [-0.1, -0.05) is 0 Å². The van der Waals surface area contributed by atoms with Crippen molar-refractivity contribution in [2.75, 3.05) is 43.3 Å². The third kappa shape index (κ3) is 11.0. The molecule has 33 heavy (non-hydrogen) atoms. The molecule has 15 nitrogen and oxygen atoms in total. The number of hydrogen-bond acceptors (Lipinski definition) is 12. The number of non-ortho nitro benzene ring substituents is 1. The van der Waals surface area contributed by atoms with Crippen molar-refractivity contribution in [3.63, 3.8) is 0 Å². The van der Waals surface area contributed by atoms with Crippen LogP contribution in [-0.4, -0.2) is 81.4 Å². The van der Waals surface area contributed by atoms with Crippen molar-refractivity contribution in [3.8, 4) is 0 Å². The molecule has 0 saturated heterocycles. The fraction of sp³-hybridized carbons (Fsp3) is 0.500. The molecule has 1 atom stereocenters. The predicted octanol–water partition coefficient (Wildman–Crippen LogP) is 1.68. The van der Waals surface area contributed by atoms with E-state index in [0.717, 1.165) is 12.3 Å². The molecule has 0 aliphatic carbocycles. The normalized spacial score (nSPS) is 13.7. The fourth-order valence-corrected chi connectivity index (χ4v) is 5.53. The molecule has 1 unspecified atom stereocenters. The van der Waals surface area contributed by atoms with Crippen molar-refractivity contribution >= 4 is 71.3 Å². The number of nitro groups is 2. The summed E-state index contributed by atoms with van der Waals surface area (Å²) in [7, 11) is -8.08. The number of alkyl halides is 1. The Labute approximate surface area is 203 Å². The summed E-state index contributed by atoms with van der Waals surface area (Å²) in [5, 5.41) is 25.4. The number of carbonyl (C=O) groups is 1. The van der Waals surface area contributed by atoms with Crippen molar-refractivity contribution < 1.29 is 45.7 Å². The molecule has 0 heterocycles. The third-order valence-electron chi connectivity index (χ3n) is 3.37. The number of halogens is 1. The molecular weight excluding hydrogens is 620 g/mol. The monoisotopic (exact) mass is 638 g/mol. The molecule has 1 aromatic carbocycles. The minimum absolute atomic E-state index is 0.00925. The van der Waals surface area contributed by atoms with Crippen LogP contribution >= 0.6 is 23.8 Å².